The van der Waals surface area contributed by atoms with Crippen molar-refractivity contribution >= 4 is 11.6 Å². The van der Waals surface area contributed by atoms with Gasteiger partial charge in [0.2, 0.25) is 0 Å². The average Bonchev–Trinajstić information content (AvgIpc) is 2.41. The van der Waals surface area contributed by atoms with E-state index in [0.717, 1.165) is 11.1 Å². The van der Waals surface area contributed by atoms with Crippen LogP contribution in [0.2, 0.25) is 5.02 Å². The Morgan fingerprint density at radius 3 is 2.58 bits per heavy atom. The molecule has 0 saturated carbocycles. The van der Waals surface area contributed by atoms with E-state index in [1.54, 1.807) is 18.2 Å². The summed E-state index contributed by atoms with van der Waals surface area (Å²) in [6, 6.07) is 11.7. The average molecular weight is 281 g/mol. The minimum Gasteiger partial charge on any atom is -0.494 e. The molecule has 2 aromatic rings. The Kier molecular flexibility index (Phi) is 4.37. The fraction of sp³-hybridized carbons (Fsp3) is 0.143. The van der Waals surface area contributed by atoms with Crippen molar-refractivity contribution < 1.29 is 9.13 Å². The summed E-state index contributed by atoms with van der Waals surface area (Å²) >= 11 is 5.96. The Morgan fingerprint density at radius 1 is 1.21 bits per heavy atom. The van der Waals surface area contributed by atoms with Crippen molar-refractivity contribution in [1.82, 2.24) is 5.43 Å². The molecule has 0 aliphatic carbocycles. The number of rotatable bonds is 4. The van der Waals surface area contributed by atoms with Gasteiger partial charge >= 0.3 is 0 Å². The van der Waals surface area contributed by atoms with Crippen LogP contribution in [0, 0.1) is 5.82 Å². The Labute approximate surface area is 116 Å². The zero-order chi connectivity index (χ0) is 13.8. The van der Waals surface area contributed by atoms with E-state index in [1.807, 2.05) is 18.2 Å². The van der Waals surface area contributed by atoms with E-state index >= 15 is 0 Å². The predicted molar refractivity (Wildman–Crippen MR) is 73.6 cm³/mol. The van der Waals surface area contributed by atoms with E-state index in [-0.39, 0.29) is 11.8 Å². The summed E-state index contributed by atoms with van der Waals surface area (Å²) in [5.41, 5.74) is 4.38. The lowest BCUT2D eigenvalue weighted by Gasteiger charge is -2.18. The van der Waals surface area contributed by atoms with E-state index in [2.05, 4.69) is 5.43 Å². The van der Waals surface area contributed by atoms with Crippen LogP contribution in [0.5, 0.6) is 5.75 Å². The largest absolute Gasteiger partial charge is 0.494 e. The number of nitrogens with two attached hydrogens (primary N) is 1. The van der Waals surface area contributed by atoms with Crippen LogP contribution in [0.4, 0.5) is 4.39 Å². The highest BCUT2D eigenvalue weighted by molar-refractivity contribution is 6.30. The van der Waals surface area contributed by atoms with Gasteiger partial charge in [0.1, 0.15) is 0 Å². The van der Waals surface area contributed by atoms with Crippen LogP contribution in [0.3, 0.4) is 0 Å². The van der Waals surface area contributed by atoms with Gasteiger partial charge in [-0.3, -0.25) is 5.84 Å². The quantitative estimate of drug-likeness (QED) is 0.668. The van der Waals surface area contributed by atoms with Crippen LogP contribution < -0.4 is 16.0 Å². The van der Waals surface area contributed by atoms with Crippen LogP contribution in [-0.4, -0.2) is 7.11 Å². The van der Waals surface area contributed by atoms with Crippen LogP contribution >= 0.6 is 11.6 Å². The molecule has 2 aromatic carbocycles. The maximum Gasteiger partial charge on any atom is 0.165 e. The second-order valence-electron chi connectivity index (χ2n) is 4.05. The first-order valence-electron chi connectivity index (χ1n) is 5.70. The number of benzene rings is 2. The molecule has 1 atom stereocenters. The highest BCUT2D eigenvalue weighted by atomic mass is 35.5. The second kappa shape index (κ2) is 6.02. The van der Waals surface area contributed by atoms with Crippen LogP contribution in [0.25, 0.3) is 0 Å². The molecular weight excluding hydrogens is 267 g/mol. The maximum absolute atomic E-state index is 13.4. The zero-order valence-corrected chi connectivity index (χ0v) is 11.1. The highest BCUT2D eigenvalue weighted by Crippen LogP contribution is 2.27. The third kappa shape index (κ3) is 3.04. The summed E-state index contributed by atoms with van der Waals surface area (Å²) < 4.78 is 18.4. The molecule has 0 spiro atoms. The summed E-state index contributed by atoms with van der Waals surface area (Å²) in [7, 11) is 1.42. The van der Waals surface area contributed by atoms with Gasteiger partial charge in [0.05, 0.1) is 13.2 Å². The SMILES string of the molecule is COc1cc(C(NN)c2cccc(Cl)c2)ccc1F. The van der Waals surface area contributed by atoms with Gasteiger partial charge in [-0.05, 0) is 35.4 Å². The lowest BCUT2D eigenvalue weighted by molar-refractivity contribution is 0.385. The first-order valence-corrected chi connectivity index (χ1v) is 6.08. The minimum atomic E-state index is -0.409. The van der Waals surface area contributed by atoms with Crippen molar-refractivity contribution in [2.45, 2.75) is 6.04 Å². The Morgan fingerprint density at radius 2 is 1.95 bits per heavy atom. The van der Waals surface area contributed by atoms with Gasteiger partial charge in [-0.1, -0.05) is 29.8 Å². The van der Waals surface area contributed by atoms with E-state index in [1.165, 1.54) is 13.2 Å². The van der Waals surface area contributed by atoms with Crippen molar-refractivity contribution in [2.24, 2.45) is 5.84 Å². The molecule has 0 radical (unpaired) electrons. The Bertz CT molecular complexity index is 577. The lowest BCUT2D eigenvalue weighted by atomic mass is 9.99. The van der Waals surface area contributed by atoms with E-state index < -0.39 is 5.82 Å². The van der Waals surface area contributed by atoms with Crippen molar-refractivity contribution in [3.8, 4) is 5.75 Å². The summed E-state index contributed by atoms with van der Waals surface area (Å²) in [6.07, 6.45) is 0. The Balaban J connectivity index is 2.42. The van der Waals surface area contributed by atoms with E-state index in [9.17, 15) is 4.39 Å². The molecule has 1 unspecified atom stereocenters. The molecule has 0 aliphatic heterocycles. The first-order chi connectivity index (χ1) is 9.15. The third-order valence-electron chi connectivity index (χ3n) is 2.86. The fourth-order valence-electron chi connectivity index (χ4n) is 1.93. The Hall–Kier alpha value is -1.62. The van der Waals surface area contributed by atoms with Gasteiger partial charge in [0.15, 0.2) is 11.6 Å². The van der Waals surface area contributed by atoms with Crippen LogP contribution in [-0.2, 0) is 0 Å². The van der Waals surface area contributed by atoms with E-state index in [0.29, 0.717) is 5.02 Å². The van der Waals surface area contributed by atoms with Crippen molar-refractivity contribution in [3.63, 3.8) is 0 Å². The number of hydrogen-bond acceptors (Lipinski definition) is 3. The van der Waals surface area contributed by atoms with Crippen molar-refractivity contribution in [1.29, 1.82) is 0 Å². The van der Waals surface area contributed by atoms with Gasteiger partial charge < -0.3 is 4.74 Å². The summed E-state index contributed by atoms with van der Waals surface area (Å²) in [5, 5.41) is 0.617. The molecule has 0 amide bonds. The fourth-order valence-corrected chi connectivity index (χ4v) is 2.13. The van der Waals surface area contributed by atoms with Crippen LogP contribution in [0.15, 0.2) is 42.5 Å². The number of hydrogen-bond donors (Lipinski definition) is 2. The maximum atomic E-state index is 13.4. The molecular formula is C14H14ClFN2O. The predicted octanol–water partition coefficient (Wildman–Crippen LogP) is 3.04. The number of hydrazine groups is 1. The van der Waals surface area contributed by atoms with Gasteiger partial charge in [-0.15, -0.1) is 0 Å². The molecule has 3 N–H and O–H groups in total. The summed E-state index contributed by atoms with van der Waals surface area (Å²) in [5.74, 6) is 5.36. The number of halogens is 2. The standard InChI is InChI=1S/C14H14ClFN2O/c1-19-13-8-10(5-6-12(13)16)14(18-17)9-3-2-4-11(15)7-9/h2-8,14,18H,17H2,1H3. The molecule has 100 valence electrons. The molecule has 0 fully saturated rings. The lowest BCUT2D eigenvalue weighted by Crippen LogP contribution is -2.28. The van der Waals surface area contributed by atoms with Gasteiger partial charge in [-0.2, -0.15) is 0 Å². The van der Waals surface area contributed by atoms with Crippen molar-refractivity contribution in [3.05, 3.63) is 64.4 Å². The number of methoxy groups -OCH3 is 1. The van der Waals surface area contributed by atoms with Crippen molar-refractivity contribution in [2.75, 3.05) is 7.11 Å². The molecule has 0 saturated heterocycles. The van der Waals surface area contributed by atoms with E-state index in [4.69, 9.17) is 22.2 Å². The zero-order valence-electron chi connectivity index (χ0n) is 10.4. The molecule has 0 aromatic heterocycles. The normalized spacial score (nSPS) is 12.2. The number of ether oxygens (including phenoxy) is 1. The van der Waals surface area contributed by atoms with Gasteiger partial charge in [0.25, 0.3) is 0 Å². The van der Waals surface area contributed by atoms with Gasteiger partial charge in [0, 0.05) is 5.02 Å². The van der Waals surface area contributed by atoms with Gasteiger partial charge in [-0.25, -0.2) is 9.82 Å². The summed E-state index contributed by atoms with van der Waals surface area (Å²) in [4.78, 5) is 0. The van der Waals surface area contributed by atoms with Crippen LogP contribution in [0.1, 0.15) is 17.2 Å². The molecule has 19 heavy (non-hydrogen) atoms. The molecule has 0 heterocycles. The highest BCUT2D eigenvalue weighted by Gasteiger charge is 2.15. The smallest absolute Gasteiger partial charge is 0.165 e. The molecule has 0 aliphatic rings. The summed E-state index contributed by atoms with van der Waals surface area (Å²) in [6.45, 7) is 0. The first kappa shape index (κ1) is 13.8. The molecule has 0 bridgehead atoms. The molecule has 2 rings (SSSR count). The minimum absolute atomic E-state index is 0.180. The monoisotopic (exact) mass is 280 g/mol. The number of nitrogens with one attached hydrogen (secondary N) is 1. The third-order valence-corrected chi connectivity index (χ3v) is 3.09. The molecule has 3 nitrogen and oxygen atoms in total. The topological polar surface area (TPSA) is 47.3 Å². The second-order valence-corrected chi connectivity index (χ2v) is 4.49. The molecule has 5 heteroatoms.